The van der Waals surface area contributed by atoms with Crippen LogP contribution in [0, 0.1) is 47.3 Å². The van der Waals surface area contributed by atoms with E-state index in [4.69, 9.17) is 10.5 Å². The molecule has 0 amide bonds. The maximum atomic E-state index is 11.5. The molecule has 5 heteroatoms. The van der Waals surface area contributed by atoms with Crippen LogP contribution in [0.3, 0.4) is 0 Å². The normalized spacial score (nSPS) is 60.4. The first-order valence-electron chi connectivity index (χ1n) is 9.05. The van der Waals surface area contributed by atoms with Gasteiger partial charge in [-0.25, -0.2) is 0 Å². The van der Waals surface area contributed by atoms with Gasteiger partial charge in [-0.1, -0.05) is 0 Å². The second kappa shape index (κ2) is 3.81. The fourth-order valence-corrected chi connectivity index (χ4v) is 8.04. The summed E-state index contributed by atoms with van der Waals surface area (Å²) in [5.41, 5.74) is 5.64. The van der Waals surface area contributed by atoms with Gasteiger partial charge in [0.25, 0.3) is 0 Å². The largest absolute Gasteiger partial charge is 0.387 e. The van der Waals surface area contributed by atoms with Crippen molar-refractivity contribution in [2.75, 3.05) is 32.8 Å². The molecule has 120 valence electrons. The van der Waals surface area contributed by atoms with Crippen molar-refractivity contribution in [1.29, 1.82) is 0 Å². The number of morpholine rings is 1. The zero-order chi connectivity index (χ0) is 14.6. The molecule has 1 heterocycles. The predicted molar refractivity (Wildman–Crippen MR) is 81.0 cm³/mol. The Morgan fingerprint density at radius 2 is 1.82 bits per heavy atom. The number of nitrogens with two attached hydrogens (primary N) is 1. The highest BCUT2D eigenvalue weighted by atomic mass is 16.5. The van der Waals surface area contributed by atoms with Crippen LogP contribution < -0.4 is 5.73 Å². The monoisotopic (exact) mass is 303 g/mol. The Morgan fingerprint density at radius 1 is 1.09 bits per heavy atom. The molecular formula is C17H25N3O2. The van der Waals surface area contributed by atoms with Gasteiger partial charge in [0.1, 0.15) is 0 Å². The SMILES string of the molecule is NC(=NCC1(O)C2C3CC4C5C3CC2C5C41)N1CCOCC1. The predicted octanol–water partition coefficient (Wildman–Crippen LogP) is 0.142. The van der Waals surface area contributed by atoms with Crippen molar-refractivity contribution in [2.45, 2.75) is 18.4 Å². The molecule has 5 aliphatic carbocycles. The Balaban J connectivity index is 1.27. The molecule has 6 fully saturated rings. The number of rotatable bonds is 2. The summed E-state index contributed by atoms with van der Waals surface area (Å²) in [5.74, 6) is 6.88. The van der Waals surface area contributed by atoms with Crippen LogP contribution in [0.1, 0.15) is 12.8 Å². The standard InChI is InChI=1S/C17H25N3O2/c18-16(20-1-3-22-4-2-20)19-7-17(21)14-9-6-10-12-8(9)5-11(14)13(12)15(10)17/h8-15,21H,1-7H2,(H2,18,19). The first-order valence-corrected chi connectivity index (χ1v) is 9.05. The summed E-state index contributed by atoms with van der Waals surface area (Å²) in [6, 6.07) is 0. The summed E-state index contributed by atoms with van der Waals surface area (Å²) in [6.45, 7) is 3.63. The van der Waals surface area contributed by atoms with Crippen molar-refractivity contribution < 1.29 is 9.84 Å². The van der Waals surface area contributed by atoms with E-state index in [0.717, 1.165) is 61.8 Å². The van der Waals surface area contributed by atoms with Crippen LogP contribution in [-0.4, -0.2) is 54.4 Å². The Labute approximate surface area is 130 Å². The number of ether oxygens (including phenoxy) is 1. The van der Waals surface area contributed by atoms with Gasteiger partial charge in [-0.05, 0) is 60.2 Å². The number of hydrogen-bond donors (Lipinski definition) is 2. The average molecular weight is 303 g/mol. The van der Waals surface area contributed by atoms with Crippen molar-refractivity contribution >= 4 is 5.96 Å². The van der Waals surface area contributed by atoms with E-state index in [1.165, 1.54) is 12.8 Å². The lowest BCUT2D eigenvalue weighted by Gasteiger charge is -2.51. The second-order valence-electron chi connectivity index (χ2n) is 8.60. The molecule has 22 heavy (non-hydrogen) atoms. The van der Waals surface area contributed by atoms with Crippen molar-refractivity contribution in [3.63, 3.8) is 0 Å². The van der Waals surface area contributed by atoms with Gasteiger partial charge in [0.05, 0.1) is 25.4 Å². The van der Waals surface area contributed by atoms with E-state index in [2.05, 4.69) is 9.89 Å². The summed E-state index contributed by atoms with van der Waals surface area (Å²) < 4.78 is 5.37. The van der Waals surface area contributed by atoms with Gasteiger partial charge < -0.3 is 20.5 Å². The Kier molecular flexibility index (Phi) is 2.18. The second-order valence-corrected chi connectivity index (χ2v) is 8.60. The highest BCUT2D eigenvalue weighted by molar-refractivity contribution is 5.78. The molecule has 1 saturated heterocycles. The summed E-state index contributed by atoms with van der Waals surface area (Å²) in [6.07, 6.45) is 2.81. The van der Waals surface area contributed by atoms with Crippen LogP contribution in [0.4, 0.5) is 0 Å². The number of aliphatic imine (C=N–C) groups is 1. The number of aliphatic hydroxyl groups is 1. The molecular weight excluding hydrogens is 278 g/mol. The maximum Gasteiger partial charge on any atom is 0.191 e. The molecule has 9 atom stereocenters. The van der Waals surface area contributed by atoms with E-state index in [9.17, 15) is 5.11 Å². The third kappa shape index (κ3) is 1.19. The highest BCUT2D eigenvalue weighted by Gasteiger charge is 2.84. The van der Waals surface area contributed by atoms with Crippen LogP contribution in [0.5, 0.6) is 0 Å². The van der Waals surface area contributed by atoms with Gasteiger partial charge in [0.2, 0.25) is 0 Å². The van der Waals surface area contributed by atoms with E-state index < -0.39 is 5.60 Å². The third-order valence-corrected chi connectivity index (χ3v) is 8.35. The topological polar surface area (TPSA) is 71.1 Å². The Bertz CT molecular complexity index is 554. The van der Waals surface area contributed by atoms with E-state index >= 15 is 0 Å². The van der Waals surface area contributed by atoms with Crippen molar-refractivity contribution in [3.05, 3.63) is 0 Å². The minimum atomic E-state index is -0.540. The quantitative estimate of drug-likeness (QED) is 0.562. The van der Waals surface area contributed by atoms with E-state index in [1.807, 2.05) is 0 Å². The van der Waals surface area contributed by atoms with Crippen molar-refractivity contribution in [1.82, 2.24) is 4.90 Å². The van der Waals surface area contributed by atoms with Crippen molar-refractivity contribution in [2.24, 2.45) is 58.1 Å². The Hall–Kier alpha value is -0.810. The lowest BCUT2D eigenvalue weighted by Crippen LogP contribution is -2.56. The lowest BCUT2D eigenvalue weighted by atomic mass is 9.56. The van der Waals surface area contributed by atoms with E-state index in [0.29, 0.717) is 24.3 Å². The smallest absolute Gasteiger partial charge is 0.191 e. The van der Waals surface area contributed by atoms with Gasteiger partial charge in [-0.2, -0.15) is 0 Å². The van der Waals surface area contributed by atoms with Crippen LogP contribution >= 0.6 is 0 Å². The zero-order valence-electron chi connectivity index (χ0n) is 12.9. The van der Waals surface area contributed by atoms with Gasteiger partial charge in [-0.3, -0.25) is 4.99 Å². The molecule has 1 aliphatic heterocycles. The molecule has 9 unspecified atom stereocenters. The molecule has 5 nitrogen and oxygen atoms in total. The fraction of sp³-hybridized carbons (Fsp3) is 0.941. The van der Waals surface area contributed by atoms with Crippen LogP contribution in [0.15, 0.2) is 4.99 Å². The summed E-state index contributed by atoms with van der Waals surface area (Å²) in [5, 5.41) is 11.5. The van der Waals surface area contributed by atoms with Crippen molar-refractivity contribution in [3.8, 4) is 0 Å². The maximum absolute atomic E-state index is 11.5. The summed E-state index contributed by atoms with van der Waals surface area (Å²) >= 11 is 0. The number of guanidine groups is 1. The molecule has 0 aromatic heterocycles. The van der Waals surface area contributed by atoms with E-state index in [1.54, 1.807) is 0 Å². The number of hydrogen-bond acceptors (Lipinski definition) is 3. The lowest BCUT2D eigenvalue weighted by molar-refractivity contribution is -0.123. The first kappa shape index (κ1) is 12.6. The third-order valence-electron chi connectivity index (χ3n) is 8.35. The van der Waals surface area contributed by atoms with Crippen LogP contribution in [0.25, 0.3) is 0 Å². The van der Waals surface area contributed by atoms with Crippen LogP contribution in [-0.2, 0) is 4.74 Å². The van der Waals surface area contributed by atoms with E-state index in [-0.39, 0.29) is 0 Å². The fourth-order valence-electron chi connectivity index (χ4n) is 8.04. The molecule has 6 aliphatic rings. The average Bonchev–Trinajstić information content (AvgIpc) is 3.04. The molecule has 3 N–H and O–H groups in total. The van der Waals surface area contributed by atoms with Crippen LogP contribution in [0.2, 0.25) is 0 Å². The number of fused-ring (bicyclic) bond motifs is 2. The molecule has 0 spiro atoms. The number of nitrogens with zero attached hydrogens (tertiary/aromatic N) is 2. The van der Waals surface area contributed by atoms with Gasteiger partial charge in [0, 0.05) is 13.1 Å². The van der Waals surface area contributed by atoms with Gasteiger partial charge in [-0.15, -0.1) is 0 Å². The summed E-state index contributed by atoms with van der Waals surface area (Å²) in [4.78, 5) is 6.76. The molecule has 0 aromatic rings. The minimum Gasteiger partial charge on any atom is -0.387 e. The molecule has 5 saturated carbocycles. The molecule has 0 radical (unpaired) electrons. The molecule has 6 rings (SSSR count). The summed E-state index contributed by atoms with van der Waals surface area (Å²) in [7, 11) is 0. The highest BCUT2D eigenvalue weighted by Crippen LogP contribution is 2.85. The first-order chi connectivity index (χ1) is 10.7. The zero-order valence-corrected chi connectivity index (χ0v) is 12.9. The Morgan fingerprint density at radius 3 is 2.64 bits per heavy atom. The van der Waals surface area contributed by atoms with Gasteiger partial charge in [0.15, 0.2) is 5.96 Å². The minimum absolute atomic E-state index is 0.531. The van der Waals surface area contributed by atoms with Gasteiger partial charge >= 0.3 is 0 Å². The molecule has 0 aromatic carbocycles. The molecule has 2 bridgehead atoms.